The number of nitrogens with one attached hydrogen (secondary N) is 2. The zero-order valence-corrected chi connectivity index (χ0v) is 16.9. The van der Waals surface area contributed by atoms with Crippen LogP contribution >= 0.6 is 11.8 Å². The molecule has 7 nitrogen and oxygen atoms in total. The summed E-state index contributed by atoms with van der Waals surface area (Å²) in [5.74, 6) is 1.06. The minimum absolute atomic E-state index is 0.134. The number of amides is 1. The molecule has 1 amide bonds. The third kappa shape index (κ3) is 6.32. The molecule has 1 saturated heterocycles. The zero-order chi connectivity index (χ0) is 19.6. The van der Waals surface area contributed by atoms with Crippen molar-refractivity contribution in [3.05, 3.63) is 23.8 Å². The first-order valence-corrected chi connectivity index (χ1v) is 10.4. The lowest BCUT2D eigenvalue weighted by molar-refractivity contribution is -0.142. The molecule has 0 spiro atoms. The van der Waals surface area contributed by atoms with Crippen LogP contribution in [-0.4, -0.2) is 63.3 Å². The third-order valence-electron chi connectivity index (χ3n) is 4.41. The number of methoxy groups -OCH3 is 2. The van der Waals surface area contributed by atoms with Gasteiger partial charge in [-0.25, -0.2) is 4.79 Å². The fourth-order valence-electron chi connectivity index (χ4n) is 2.87. The number of esters is 1. The van der Waals surface area contributed by atoms with Gasteiger partial charge in [-0.15, -0.1) is 0 Å². The monoisotopic (exact) mass is 396 g/mol. The smallest absolute Gasteiger partial charge is 0.328 e. The number of hydrogen-bond acceptors (Lipinski definition) is 7. The fraction of sp³-hybridized carbons (Fsp3) is 0.579. The van der Waals surface area contributed by atoms with Gasteiger partial charge in [-0.1, -0.05) is 0 Å². The largest absolute Gasteiger partial charge is 0.493 e. The van der Waals surface area contributed by atoms with Crippen LogP contribution in [0.4, 0.5) is 0 Å². The number of carbonyl (C=O) groups is 2. The van der Waals surface area contributed by atoms with Crippen molar-refractivity contribution in [3.8, 4) is 11.5 Å². The molecule has 8 heteroatoms. The van der Waals surface area contributed by atoms with Gasteiger partial charge in [0, 0.05) is 5.56 Å². The summed E-state index contributed by atoms with van der Waals surface area (Å²) in [5.41, 5.74) is 0.405. The number of rotatable bonds is 9. The van der Waals surface area contributed by atoms with E-state index in [2.05, 4.69) is 10.6 Å². The van der Waals surface area contributed by atoms with Crippen molar-refractivity contribution in [2.45, 2.75) is 31.4 Å². The second-order valence-corrected chi connectivity index (χ2v) is 7.25. The van der Waals surface area contributed by atoms with Crippen LogP contribution in [-0.2, 0) is 9.53 Å². The molecule has 0 aliphatic carbocycles. The number of hydrogen-bond donors (Lipinski definition) is 2. The lowest BCUT2D eigenvalue weighted by Gasteiger charge is -2.25. The molecule has 27 heavy (non-hydrogen) atoms. The Morgan fingerprint density at radius 3 is 2.63 bits per heavy atom. The van der Waals surface area contributed by atoms with Gasteiger partial charge in [-0.2, -0.15) is 11.8 Å². The molecule has 1 aromatic carbocycles. The number of thioether (sulfide) groups is 1. The topological polar surface area (TPSA) is 85.9 Å². The molecule has 0 bridgehead atoms. The van der Waals surface area contributed by atoms with E-state index in [4.69, 9.17) is 14.2 Å². The predicted octanol–water partition coefficient (Wildman–Crippen LogP) is 1.85. The minimum Gasteiger partial charge on any atom is -0.493 e. The van der Waals surface area contributed by atoms with E-state index in [1.807, 2.05) is 6.26 Å². The summed E-state index contributed by atoms with van der Waals surface area (Å²) in [6.07, 6.45) is 4.45. The molecule has 2 N–H and O–H groups in total. The Balaban J connectivity index is 2.07. The zero-order valence-electron chi connectivity index (χ0n) is 16.1. The maximum absolute atomic E-state index is 12.6. The number of ether oxygens (including phenoxy) is 3. The molecule has 0 saturated carbocycles. The summed E-state index contributed by atoms with van der Waals surface area (Å²) in [7, 11) is 2.86. The Hall–Kier alpha value is -1.93. The van der Waals surface area contributed by atoms with Crippen molar-refractivity contribution >= 4 is 23.6 Å². The van der Waals surface area contributed by atoms with Gasteiger partial charge in [-0.05, 0) is 62.6 Å². The van der Waals surface area contributed by atoms with Gasteiger partial charge in [0.05, 0.1) is 14.2 Å². The number of benzene rings is 1. The maximum atomic E-state index is 12.6. The van der Waals surface area contributed by atoms with Crippen LogP contribution in [0, 0.1) is 0 Å². The van der Waals surface area contributed by atoms with Crippen molar-refractivity contribution in [3.63, 3.8) is 0 Å². The molecule has 1 aliphatic heterocycles. The molecule has 1 aromatic rings. The Bertz CT molecular complexity index is 635. The summed E-state index contributed by atoms with van der Waals surface area (Å²) in [5, 5.41) is 6.04. The molecule has 1 heterocycles. The summed E-state index contributed by atoms with van der Waals surface area (Å²) in [4.78, 5) is 24.5. The molecule has 1 atom stereocenters. The molecular formula is C19H28N2O5S. The quantitative estimate of drug-likeness (QED) is 0.616. The molecule has 1 aliphatic rings. The van der Waals surface area contributed by atoms with Crippen molar-refractivity contribution < 1.29 is 23.8 Å². The normalized spacial score (nSPS) is 15.7. The Kier molecular flexibility index (Phi) is 8.74. The van der Waals surface area contributed by atoms with Gasteiger partial charge < -0.3 is 24.8 Å². The fourth-order valence-corrected chi connectivity index (χ4v) is 3.34. The first-order valence-electron chi connectivity index (χ1n) is 9.02. The summed E-state index contributed by atoms with van der Waals surface area (Å²) in [6.45, 7) is 1.86. The third-order valence-corrected chi connectivity index (χ3v) is 5.05. The standard InChI is InChI=1S/C19H28N2O5S/c1-24-17-12-13(4-5-16(17)26-14-6-9-20-10-7-14)18(22)21-15(8-11-27-3)19(23)25-2/h4-5,12,14-15,20H,6-11H2,1-3H3,(H,21,22). The van der Waals surface area contributed by atoms with Crippen LogP contribution in [0.25, 0.3) is 0 Å². The Labute approximate surface area is 164 Å². The van der Waals surface area contributed by atoms with Crippen molar-refractivity contribution in [2.75, 3.05) is 39.3 Å². The van der Waals surface area contributed by atoms with Gasteiger partial charge in [0.2, 0.25) is 0 Å². The highest BCUT2D eigenvalue weighted by molar-refractivity contribution is 7.98. The first kappa shape index (κ1) is 21.4. The summed E-state index contributed by atoms with van der Waals surface area (Å²) in [6, 6.07) is 4.38. The van der Waals surface area contributed by atoms with Crippen LogP contribution in [0.5, 0.6) is 11.5 Å². The van der Waals surface area contributed by atoms with Gasteiger partial charge >= 0.3 is 5.97 Å². The van der Waals surface area contributed by atoms with Gasteiger partial charge in [-0.3, -0.25) is 4.79 Å². The van der Waals surface area contributed by atoms with Crippen LogP contribution in [0.15, 0.2) is 18.2 Å². The highest BCUT2D eigenvalue weighted by atomic mass is 32.2. The molecule has 150 valence electrons. The van der Waals surface area contributed by atoms with E-state index in [1.165, 1.54) is 7.11 Å². The Morgan fingerprint density at radius 1 is 1.26 bits per heavy atom. The number of piperidine rings is 1. The average Bonchev–Trinajstić information content (AvgIpc) is 2.71. The van der Waals surface area contributed by atoms with E-state index in [9.17, 15) is 9.59 Å². The van der Waals surface area contributed by atoms with E-state index in [-0.39, 0.29) is 12.0 Å². The minimum atomic E-state index is -0.674. The lowest BCUT2D eigenvalue weighted by Crippen LogP contribution is -2.42. The van der Waals surface area contributed by atoms with Gasteiger partial charge in [0.1, 0.15) is 12.1 Å². The molecule has 1 unspecified atom stereocenters. The van der Waals surface area contributed by atoms with E-state index < -0.39 is 12.0 Å². The predicted molar refractivity (Wildman–Crippen MR) is 106 cm³/mol. The summed E-state index contributed by atoms with van der Waals surface area (Å²) < 4.78 is 16.2. The lowest BCUT2D eigenvalue weighted by atomic mass is 10.1. The first-order chi connectivity index (χ1) is 13.1. The molecular weight excluding hydrogens is 368 g/mol. The SMILES string of the molecule is COC(=O)C(CCSC)NC(=O)c1ccc(OC2CCNCC2)c(OC)c1. The average molecular weight is 397 g/mol. The van der Waals surface area contributed by atoms with Crippen LogP contribution in [0.2, 0.25) is 0 Å². The van der Waals surface area contributed by atoms with Crippen molar-refractivity contribution in [2.24, 2.45) is 0 Å². The second kappa shape index (κ2) is 11.0. The van der Waals surface area contributed by atoms with E-state index in [0.717, 1.165) is 31.7 Å². The van der Waals surface area contributed by atoms with Crippen molar-refractivity contribution in [1.29, 1.82) is 0 Å². The van der Waals surface area contributed by atoms with E-state index >= 15 is 0 Å². The number of carbonyl (C=O) groups excluding carboxylic acids is 2. The second-order valence-electron chi connectivity index (χ2n) is 6.26. The molecule has 0 aromatic heterocycles. The highest BCUT2D eigenvalue weighted by Gasteiger charge is 2.23. The Morgan fingerprint density at radius 2 is 2.00 bits per heavy atom. The van der Waals surface area contributed by atoms with Crippen LogP contribution in [0.3, 0.4) is 0 Å². The maximum Gasteiger partial charge on any atom is 0.328 e. The van der Waals surface area contributed by atoms with E-state index in [0.29, 0.717) is 23.5 Å². The van der Waals surface area contributed by atoms with Crippen LogP contribution < -0.4 is 20.1 Å². The van der Waals surface area contributed by atoms with Gasteiger partial charge in [0.25, 0.3) is 5.91 Å². The van der Waals surface area contributed by atoms with E-state index in [1.54, 1.807) is 37.1 Å². The molecule has 2 rings (SSSR count). The molecule has 0 radical (unpaired) electrons. The highest BCUT2D eigenvalue weighted by Crippen LogP contribution is 2.30. The van der Waals surface area contributed by atoms with Crippen molar-refractivity contribution in [1.82, 2.24) is 10.6 Å². The summed E-state index contributed by atoms with van der Waals surface area (Å²) >= 11 is 1.61. The molecule has 1 fully saturated rings. The van der Waals surface area contributed by atoms with Gasteiger partial charge in [0.15, 0.2) is 11.5 Å². The van der Waals surface area contributed by atoms with Crippen LogP contribution in [0.1, 0.15) is 29.6 Å².